The first-order valence-electron chi connectivity index (χ1n) is 4.91. The predicted molar refractivity (Wildman–Crippen MR) is 58.4 cm³/mol. The summed E-state index contributed by atoms with van der Waals surface area (Å²) in [5.41, 5.74) is 0.0549. The first-order valence-corrected chi connectivity index (χ1v) is 6.40. The van der Waals surface area contributed by atoms with Gasteiger partial charge in [0.2, 0.25) is 10.0 Å². The summed E-state index contributed by atoms with van der Waals surface area (Å²) >= 11 is 0. The van der Waals surface area contributed by atoms with Crippen molar-refractivity contribution < 1.29 is 26.7 Å². The van der Waals surface area contributed by atoms with Crippen LogP contribution in [-0.2, 0) is 10.0 Å². The van der Waals surface area contributed by atoms with Gasteiger partial charge in [-0.05, 0) is 18.2 Å². The third-order valence-electron chi connectivity index (χ3n) is 2.12. The second-order valence-corrected chi connectivity index (χ2v) is 5.32. The number of nitriles is 1. The van der Waals surface area contributed by atoms with Gasteiger partial charge in [0.15, 0.2) is 6.10 Å². The van der Waals surface area contributed by atoms with Crippen LogP contribution in [0.2, 0.25) is 0 Å². The zero-order chi connectivity index (χ0) is 14.7. The van der Waals surface area contributed by atoms with E-state index in [1.54, 1.807) is 10.8 Å². The minimum absolute atomic E-state index is 0.0549. The summed E-state index contributed by atoms with van der Waals surface area (Å²) < 4.78 is 60.9. The van der Waals surface area contributed by atoms with Gasteiger partial charge in [0.25, 0.3) is 0 Å². The first kappa shape index (κ1) is 15.4. The normalized spacial score (nSPS) is 13.8. The van der Waals surface area contributed by atoms with Crippen molar-refractivity contribution >= 4 is 10.0 Å². The minimum Gasteiger partial charge on any atom is -0.382 e. The highest BCUT2D eigenvalue weighted by molar-refractivity contribution is 7.89. The van der Waals surface area contributed by atoms with Crippen LogP contribution in [0, 0.1) is 11.3 Å². The molecule has 0 saturated heterocycles. The summed E-state index contributed by atoms with van der Waals surface area (Å²) in [6, 6.07) is 6.49. The zero-order valence-corrected chi connectivity index (χ0v) is 10.2. The Bertz CT molecular complexity index is 593. The molecule has 104 valence electrons. The number of aliphatic hydroxyl groups excluding tert-OH is 1. The van der Waals surface area contributed by atoms with E-state index >= 15 is 0 Å². The summed E-state index contributed by atoms with van der Waals surface area (Å²) in [7, 11) is -4.21. The number of rotatable bonds is 4. The van der Waals surface area contributed by atoms with Crippen molar-refractivity contribution in [3.63, 3.8) is 0 Å². The Hall–Kier alpha value is -1.63. The third kappa shape index (κ3) is 4.20. The molecule has 5 nitrogen and oxygen atoms in total. The Kier molecular flexibility index (Phi) is 4.52. The van der Waals surface area contributed by atoms with Gasteiger partial charge in [-0.3, -0.25) is 0 Å². The van der Waals surface area contributed by atoms with Crippen molar-refractivity contribution in [2.75, 3.05) is 6.54 Å². The number of hydrogen-bond donors (Lipinski definition) is 2. The molecule has 1 rings (SSSR count). The molecule has 0 bridgehead atoms. The minimum atomic E-state index is -4.91. The summed E-state index contributed by atoms with van der Waals surface area (Å²) in [5.74, 6) is 0. The largest absolute Gasteiger partial charge is 0.415 e. The second kappa shape index (κ2) is 5.56. The Balaban J connectivity index is 2.85. The van der Waals surface area contributed by atoms with Gasteiger partial charge in [-0.2, -0.15) is 18.4 Å². The second-order valence-electron chi connectivity index (χ2n) is 3.55. The molecule has 0 aliphatic carbocycles. The molecule has 0 aliphatic heterocycles. The molecule has 0 radical (unpaired) electrons. The molecule has 1 aromatic rings. The van der Waals surface area contributed by atoms with Gasteiger partial charge in [-0.15, -0.1) is 0 Å². The lowest BCUT2D eigenvalue weighted by Gasteiger charge is -2.15. The van der Waals surface area contributed by atoms with Gasteiger partial charge < -0.3 is 5.11 Å². The maximum absolute atomic E-state index is 12.0. The Morgan fingerprint density at radius 3 is 2.58 bits per heavy atom. The van der Waals surface area contributed by atoms with Crippen molar-refractivity contribution in [3.05, 3.63) is 29.8 Å². The first-order chi connectivity index (χ1) is 8.66. The Morgan fingerprint density at radius 1 is 1.42 bits per heavy atom. The van der Waals surface area contributed by atoms with Crippen LogP contribution in [0.25, 0.3) is 0 Å². The van der Waals surface area contributed by atoms with E-state index in [-0.39, 0.29) is 10.5 Å². The molecule has 0 fully saturated rings. The Labute approximate surface area is 107 Å². The average Bonchev–Trinajstić information content (AvgIpc) is 2.35. The number of halogens is 3. The highest BCUT2D eigenvalue weighted by atomic mass is 32.2. The molecular weight excluding hydrogens is 285 g/mol. The van der Waals surface area contributed by atoms with E-state index in [9.17, 15) is 21.6 Å². The van der Waals surface area contributed by atoms with Crippen molar-refractivity contribution in [1.82, 2.24) is 4.72 Å². The third-order valence-corrected chi connectivity index (χ3v) is 3.54. The molecular formula is C10H9F3N2O3S. The highest BCUT2D eigenvalue weighted by Gasteiger charge is 2.38. The molecule has 1 aromatic carbocycles. The number of hydrogen-bond acceptors (Lipinski definition) is 4. The predicted octanol–water partition coefficient (Wildman–Crippen LogP) is 0.760. The standard InChI is InChI=1S/C10H9F3N2O3S/c11-10(12,13)9(16)6-15-19(17,18)8-3-1-2-7(4-8)5-14/h1-4,9,15-16H,6H2. The van der Waals surface area contributed by atoms with Crippen molar-refractivity contribution in [1.29, 1.82) is 5.26 Å². The van der Waals surface area contributed by atoms with Crippen LogP contribution in [-0.4, -0.2) is 32.3 Å². The van der Waals surface area contributed by atoms with Crippen LogP contribution in [0.3, 0.4) is 0 Å². The summed E-state index contributed by atoms with van der Waals surface area (Å²) in [4.78, 5) is -0.346. The molecule has 1 atom stereocenters. The van der Waals surface area contributed by atoms with E-state index in [1.807, 2.05) is 0 Å². The lowest BCUT2D eigenvalue weighted by molar-refractivity contribution is -0.200. The van der Waals surface area contributed by atoms with Gasteiger partial charge in [0, 0.05) is 6.54 Å². The lowest BCUT2D eigenvalue weighted by Crippen LogP contribution is -2.40. The van der Waals surface area contributed by atoms with Crippen molar-refractivity contribution in [3.8, 4) is 6.07 Å². The summed E-state index contributed by atoms with van der Waals surface area (Å²) in [6.07, 6.45) is -7.70. The molecule has 2 N–H and O–H groups in total. The fraction of sp³-hybridized carbons (Fsp3) is 0.300. The van der Waals surface area contributed by atoms with Crippen LogP contribution in [0.4, 0.5) is 13.2 Å². The monoisotopic (exact) mass is 294 g/mol. The fourth-order valence-electron chi connectivity index (χ4n) is 1.12. The zero-order valence-electron chi connectivity index (χ0n) is 9.35. The van der Waals surface area contributed by atoms with Crippen LogP contribution in [0.5, 0.6) is 0 Å². The smallest absolute Gasteiger partial charge is 0.382 e. The summed E-state index contributed by atoms with van der Waals surface area (Å²) in [6.45, 7) is -1.19. The maximum Gasteiger partial charge on any atom is 0.415 e. The number of sulfonamides is 1. The Morgan fingerprint density at radius 2 is 2.05 bits per heavy atom. The van der Waals surface area contributed by atoms with Crippen LogP contribution < -0.4 is 4.72 Å². The summed E-state index contributed by atoms with van der Waals surface area (Å²) in [5, 5.41) is 17.3. The molecule has 0 aromatic heterocycles. The van der Waals surface area contributed by atoms with Gasteiger partial charge in [-0.1, -0.05) is 6.07 Å². The molecule has 0 saturated carbocycles. The molecule has 1 unspecified atom stereocenters. The SMILES string of the molecule is N#Cc1cccc(S(=O)(=O)NCC(O)C(F)(F)F)c1. The van der Waals surface area contributed by atoms with E-state index in [0.29, 0.717) is 0 Å². The van der Waals surface area contributed by atoms with E-state index in [2.05, 4.69) is 0 Å². The maximum atomic E-state index is 12.0. The number of aliphatic hydroxyl groups is 1. The van der Waals surface area contributed by atoms with E-state index in [4.69, 9.17) is 10.4 Å². The van der Waals surface area contributed by atoms with Crippen LogP contribution >= 0.6 is 0 Å². The average molecular weight is 294 g/mol. The van der Waals surface area contributed by atoms with Gasteiger partial charge in [-0.25, -0.2) is 13.1 Å². The quantitative estimate of drug-likeness (QED) is 0.858. The molecule has 9 heteroatoms. The topological polar surface area (TPSA) is 90.2 Å². The molecule has 0 aliphatic rings. The number of benzene rings is 1. The molecule has 0 amide bonds. The van der Waals surface area contributed by atoms with Gasteiger partial charge in [0.1, 0.15) is 0 Å². The fourth-order valence-corrected chi connectivity index (χ4v) is 2.20. The van der Waals surface area contributed by atoms with Crippen LogP contribution in [0.1, 0.15) is 5.56 Å². The number of alkyl halides is 3. The number of nitrogens with one attached hydrogen (secondary N) is 1. The van der Waals surface area contributed by atoms with Gasteiger partial charge in [0.05, 0.1) is 16.5 Å². The highest BCUT2D eigenvalue weighted by Crippen LogP contribution is 2.20. The van der Waals surface area contributed by atoms with E-state index in [1.165, 1.54) is 12.1 Å². The van der Waals surface area contributed by atoms with Crippen molar-refractivity contribution in [2.24, 2.45) is 0 Å². The molecule has 0 spiro atoms. The lowest BCUT2D eigenvalue weighted by atomic mass is 10.2. The molecule has 19 heavy (non-hydrogen) atoms. The van der Waals surface area contributed by atoms with Gasteiger partial charge >= 0.3 is 6.18 Å². The van der Waals surface area contributed by atoms with E-state index in [0.717, 1.165) is 12.1 Å². The van der Waals surface area contributed by atoms with Crippen LogP contribution in [0.15, 0.2) is 29.2 Å². The van der Waals surface area contributed by atoms with Crippen molar-refractivity contribution in [2.45, 2.75) is 17.2 Å². The van der Waals surface area contributed by atoms with E-state index < -0.39 is 28.8 Å². The number of nitrogens with zero attached hydrogens (tertiary/aromatic N) is 1. The molecule has 0 heterocycles.